The van der Waals surface area contributed by atoms with E-state index in [1.807, 2.05) is 5.38 Å². The van der Waals surface area contributed by atoms with Gasteiger partial charge in [0.1, 0.15) is 5.01 Å². The molecule has 0 atom stereocenters. The van der Waals surface area contributed by atoms with Crippen LogP contribution in [0.3, 0.4) is 0 Å². The molecule has 0 radical (unpaired) electrons. The van der Waals surface area contributed by atoms with Crippen LogP contribution in [-0.2, 0) is 24.1 Å². The van der Waals surface area contributed by atoms with Gasteiger partial charge >= 0.3 is 0 Å². The molecule has 0 aliphatic heterocycles. The van der Waals surface area contributed by atoms with Crippen molar-refractivity contribution in [3.8, 4) is 0 Å². The molecular formula is C15H20N4O2S. The lowest BCUT2D eigenvalue weighted by Crippen LogP contribution is -2.34. The third-order valence-corrected chi connectivity index (χ3v) is 4.69. The Kier molecular flexibility index (Phi) is 4.84. The maximum Gasteiger partial charge on any atom is 0.275 e. The van der Waals surface area contributed by atoms with Crippen molar-refractivity contribution in [2.24, 2.45) is 0 Å². The van der Waals surface area contributed by atoms with Crippen LogP contribution in [0.5, 0.6) is 0 Å². The third kappa shape index (κ3) is 3.20. The molecule has 2 aromatic heterocycles. The first-order valence-corrected chi connectivity index (χ1v) is 8.40. The van der Waals surface area contributed by atoms with E-state index < -0.39 is 0 Å². The van der Waals surface area contributed by atoms with Gasteiger partial charge in [0.15, 0.2) is 5.69 Å². The maximum absolute atomic E-state index is 12.9. The number of carbonyl (C=O) groups is 1. The number of nitrogens with zero attached hydrogens (tertiary/aromatic N) is 3. The molecule has 7 heteroatoms. The number of aryl methyl sites for hydroxylation is 1. The average Bonchev–Trinajstić information content (AvgIpc) is 3.20. The minimum Gasteiger partial charge on any atom is -0.383 e. The summed E-state index contributed by atoms with van der Waals surface area (Å²) in [5.41, 5.74) is 2.79. The van der Waals surface area contributed by atoms with Crippen LogP contribution in [0.1, 0.15) is 39.6 Å². The van der Waals surface area contributed by atoms with Crippen LogP contribution in [0.4, 0.5) is 0 Å². The van der Waals surface area contributed by atoms with Gasteiger partial charge in [-0.1, -0.05) is 0 Å². The fourth-order valence-corrected chi connectivity index (χ4v) is 3.39. The maximum atomic E-state index is 12.9. The van der Waals surface area contributed by atoms with E-state index >= 15 is 0 Å². The second-order valence-corrected chi connectivity index (χ2v) is 6.36. The number of amides is 1. The summed E-state index contributed by atoms with van der Waals surface area (Å²) in [5.74, 6) is -0.0355. The Hall–Kier alpha value is -1.73. The van der Waals surface area contributed by atoms with Gasteiger partial charge in [-0.3, -0.25) is 9.89 Å². The predicted molar refractivity (Wildman–Crippen MR) is 84.0 cm³/mol. The fourth-order valence-electron chi connectivity index (χ4n) is 2.76. The number of thiazole rings is 1. The zero-order valence-corrected chi connectivity index (χ0v) is 13.5. The van der Waals surface area contributed by atoms with Crippen LogP contribution in [0.25, 0.3) is 0 Å². The van der Waals surface area contributed by atoms with Crippen molar-refractivity contribution in [2.45, 2.75) is 32.2 Å². The zero-order chi connectivity index (χ0) is 15.4. The summed E-state index contributed by atoms with van der Waals surface area (Å²) in [4.78, 5) is 18.9. The average molecular weight is 320 g/mol. The Morgan fingerprint density at radius 3 is 3.09 bits per heavy atom. The third-order valence-electron chi connectivity index (χ3n) is 3.92. The number of aromatic nitrogens is 3. The van der Waals surface area contributed by atoms with Gasteiger partial charge in [-0.25, -0.2) is 4.98 Å². The summed E-state index contributed by atoms with van der Waals surface area (Å²) in [6.45, 7) is 1.54. The van der Waals surface area contributed by atoms with Crippen LogP contribution in [0.15, 0.2) is 11.6 Å². The Morgan fingerprint density at radius 1 is 1.45 bits per heavy atom. The van der Waals surface area contributed by atoms with Crippen molar-refractivity contribution in [1.82, 2.24) is 20.1 Å². The van der Waals surface area contributed by atoms with Crippen molar-refractivity contribution in [3.63, 3.8) is 0 Å². The largest absolute Gasteiger partial charge is 0.383 e. The fraction of sp³-hybridized carbons (Fsp3) is 0.533. The molecule has 1 N–H and O–H groups in total. The molecule has 0 spiro atoms. The highest BCUT2D eigenvalue weighted by Crippen LogP contribution is 2.23. The van der Waals surface area contributed by atoms with Gasteiger partial charge in [0.2, 0.25) is 0 Å². The highest BCUT2D eigenvalue weighted by molar-refractivity contribution is 7.09. The van der Waals surface area contributed by atoms with Gasteiger partial charge in [-0.05, 0) is 25.7 Å². The summed E-state index contributed by atoms with van der Waals surface area (Å²) >= 11 is 1.55. The molecule has 1 aliphatic carbocycles. The SMILES string of the molecule is COCCN(Cc1nccs1)C(=O)c1n[nH]c2c1CCCC2. The first-order valence-electron chi connectivity index (χ1n) is 7.52. The minimum atomic E-state index is -0.0355. The number of methoxy groups -OCH3 is 1. The number of nitrogens with one attached hydrogen (secondary N) is 1. The standard InChI is InChI=1S/C15H20N4O2S/c1-21-8-7-19(10-13-16-6-9-22-13)15(20)14-11-4-2-3-5-12(11)17-18-14/h6,9H,2-5,7-8,10H2,1H3,(H,17,18). The number of hydrogen-bond donors (Lipinski definition) is 1. The van der Waals surface area contributed by atoms with E-state index in [4.69, 9.17) is 4.74 Å². The molecule has 1 aliphatic rings. The van der Waals surface area contributed by atoms with E-state index in [0.29, 0.717) is 25.4 Å². The summed E-state index contributed by atoms with van der Waals surface area (Å²) < 4.78 is 5.13. The smallest absolute Gasteiger partial charge is 0.275 e. The second-order valence-electron chi connectivity index (χ2n) is 5.38. The number of fused-ring (bicyclic) bond motifs is 1. The lowest BCUT2D eigenvalue weighted by Gasteiger charge is -2.21. The van der Waals surface area contributed by atoms with Crippen molar-refractivity contribution >= 4 is 17.2 Å². The normalized spacial score (nSPS) is 13.9. The van der Waals surface area contributed by atoms with Gasteiger partial charge in [-0.2, -0.15) is 5.10 Å². The topological polar surface area (TPSA) is 71.1 Å². The minimum absolute atomic E-state index is 0.0355. The van der Waals surface area contributed by atoms with Crippen molar-refractivity contribution in [1.29, 1.82) is 0 Å². The van der Waals surface area contributed by atoms with Crippen LogP contribution >= 0.6 is 11.3 Å². The molecule has 0 saturated heterocycles. The Morgan fingerprint density at radius 2 is 2.32 bits per heavy atom. The van der Waals surface area contributed by atoms with Crippen molar-refractivity contribution in [2.75, 3.05) is 20.3 Å². The van der Waals surface area contributed by atoms with Gasteiger partial charge in [0, 0.05) is 36.5 Å². The number of carbonyl (C=O) groups excluding carboxylic acids is 1. The van der Waals surface area contributed by atoms with Crippen LogP contribution in [-0.4, -0.2) is 46.2 Å². The summed E-state index contributed by atoms with van der Waals surface area (Å²) in [5, 5.41) is 10.2. The Balaban J connectivity index is 1.80. The van der Waals surface area contributed by atoms with E-state index in [0.717, 1.165) is 41.9 Å². The van der Waals surface area contributed by atoms with Gasteiger partial charge < -0.3 is 9.64 Å². The van der Waals surface area contributed by atoms with Crippen LogP contribution in [0.2, 0.25) is 0 Å². The number of H-pyrrole nitrogens is 1. The molecule has 0 unspecified atom stereocenters. The quantitative estimate of drug-likeness (QED) is 0.884. The highest BCUT2D eigenvalue weighted by Gasteiger charge is 2.26. The molecule has 6 nitrogen and oxygen atoms in total. The van der Waals surface area contributed by atoms with Gasteiger partial charge in [-0.15, -0.1) is 11.3 Å². The van der Waals surface area contributed by atoms with Crippen molar-refractivity contribution in [3.05, 3.63) is 33.5 Å². The van der Waals surface area contributed by atoms with E-state index in [1.54, 1.807) is 29.5 Å². The molecule has 0 bridgehead atoms. The molecule has 0 aromatic carbocycles. The number of hydrogen-bond acceptors (Lipinski definition) is 5. The number of rotatable bonds is 6. The van der Waals surface area contributed by atoms with E-state index in [1.165, 1.54) is 0 Å². The van der Waals surface area contributed by atoms with Gasteiger partial charge in [0.25, 0.3) is 5.91 Å². The number of ether oxygens (including phenoxy) is 1. The molecule has 22 heavy (non-hydrogen) atoms. The molecule has 2 aromatic rings. The van der Waals surface area contributed by atoms with Crippen molar-refractivity contribution < 1.29 is 9.53 Å². The molecule has 1 amide bonds. The molecule has 0 fully saturated rings. The first-order chi connectivity index (χ1) is 10.8. The van der Waals surface area contributed by atoms with E-state index in [-0.39, 0.29) is 5.91 Å². The molecule has 0 saturated carbocycles. The Labute approximate surface area is 133 Å². The summed E-state index contributed by atoms with van der Waals surface area (Å²) in [6.07, 6.45) is 5.96. The Bertz CT molecular complexity index is 624. The second kappa shape index (κ2) is 7.02. The van der Waals surface area contributed by atoms with E-state index in [9.17, 15) is 4.79 Å². The monoisotopic (exact) mass is 320 g/mol. The lowest BCUT2D eigenvalue weighted by atomic mass is 9.95. The molecular weight excluding hydrogens is 300 g/mol. The highest BCUT2D eigenvalue weighted by atomic mass is 32.1. The van der Waals surface area contributed by atoms with Crippen LogP contribution < -0.4 is 0 Å². The molecule has 2 heterocycles. The first kappa shape index (κ1) is 15.2. The number of aromatic amines is 1. The predicted octanol–water partition coefficient (Wildman–Crippen LogP) is 2.03. The molecule has 118 valence electrons. The summed E-state index contributed by atoms with van der Waals surface area (Å²) in [7, 11) is 1.64. The van der Waals surface area contributed by atoms with Crippen LogP contribution in [0, 0.1) is 0 Å². The lowest BCUT2D eigenvalue weighted by molar-refractivity contribution is 0.0673. The van der Waals surface area contributed by atoms with E-state index in [2.05, 4.69) is 15.2 Å². The molecule has 3 rings (SSSR count). The zero-order valence-electron chi connectivity index (χ0n) is 12.7. The summed E-state index contributed by atoms with van der Waals surface area (Å²) in [6, 6.07) is 0. The van der Waals surface area contributed by atoms with Gasteiger partial charge in [0.05, 0.1) is 13.2 Å².